The largest absolute Gasteiger partial charge is 0.396 e. The number of para-hydroxylation sites is 1. The van der Waals surface area contributed by atoms with Gasteiger partial charge in [-0.15, -0.1) is 5.10 Å². The van der Waals surface area contributed by atoms with E-state index in [0.717, 1.165) is 6.41 Å². The van der Waals surface area contributed by atoms with E-state index in [1.54, 1.807) is 54.0 Å². The Hall–Kier alpha value is -4.79. The summed E-state index contributed by atoms with van der Waals surface area (Å²) in [5.41, 5.74) is 0.981. The van der Waals surface area contributed by atoms with E-state index in [1.165, 1.54) is 17.0 Å². The molecule has 1 aromatic heterocycles. The first kappa shape index (κ1) is 33.1. The second-order valence-corrected chi connectivity index (χ2v) is 16.6. The summed E-state index contributed by atoms with van der Waals surface area (Å²) in [6.45, 7) is 5.37. The van der Waals surface area contributed by atoms with Crippen molar-refractivity contribution < 1.29 is 28.5 Å². The zero-order chi connectivity index (χ0) is 34.2. The molecule has 3 heterocycles. The number of fused-ring (bicyclic) bond motifs is 2. The summed E-state index contributed by atoms with van der Waals surface area (Å²) in [7, 11) is -3.48. The van der Waals surface area contributed by atoms with Crippen LogP contribution >= 0.6 is 0 Å². The molecule has 2 aliphatic rings. The molecule has 0 unspecified atom stereocenters. The van der Waals surface area contributed by atoms with Crippen LogP contribution in [0.5, 0.6) is 0 Å². The molecular weight excluding hydrogens is 635 g/mol. The number of nitrogens with zero attached hydrogens (tertiary/aromatic N) is 6. The predicted octanol–water partition coefficient (Wildman–Crippen LogP) is 5.43. The quantitative estimate of drug-likeness (QED) is 0.0690. The molecule has 1 N–H and O–H groups in total. The maximum Gasteiger partial charge on any atom is 0.269 e. The molecule has 2 amide bonds. The minimum absolute atomic E-state index is 0.0645. The fourth-order valence-electron chi connectivity index (χ4n) is 7.36. The molecule has 1 spiro atoms. The highest BCUT2D eigenvalue weighted by Gasteiger charge is 2.66. The van der Waals surface area contributed by atoms with Gasteiger partial charge in [-0.3, -0.25) is 29.3 Å². The molecule has 6 rings (SSSR count). The Balaban J connectivity index is 1.37. The number of nitro groups is 1. The number of aromatic nitrogens is 3. The number of anilines is 3. The number of aryl methyl sites for hydroxylation is 1. The molecule has 1 saturated heterocycles. The molecule has 14 heteroatoms. The lowest BCUT2D eigenvalue weighted by Gasteiger charge is -2.31. The van der Waals surface area contributed by atoms with Crippen LogP contribution in [0.4, 0.5) is 26.9 Å². The maximum atomic E-state index is 16.2. The maximum absolute atomic E-state index is 16.2. The Labute approximate surface area is 278 Å². The van der Waals surface area contributed by atoms with Crippen molar-refractivity contribution >= 4 is 43.5 Å². The number of hydrogen-bond acceptors (Lipinski definition) is 8. The van der Waals surface area contributed by atoms with Crippen LogP contribution in [-0.2, 0) is 39.4 Å². The lowest BCUT2D eigenvalue weighted by Crippen LogP contribution is -2.45. The van der Waals surface area contributed by atoms with Crippen LogP contribution in [0.1, 0.15) is 30.2 Å². The van der Waals surface area contributed by atoms with Crippen molar-refractivity contribution in [2.24, 2.45) is 5.92 Å². The van der Waals surface area contributed by atoms with Crippen LogP contribution in [0.2, 0.25) is 18.6 Å². The number of hydrogen-bond donors (Lipinski definition) is 1. The van der Waals surface area contributed by atoms with Crippen molar-refractivity contribution in [2.75, 3.05) is 16.4 Å². The van der Waals surface area contributed by atoms with Gasteiger partial charge in [0.15, 0.2) is 5.60 Å². The molecule has 2 aliphatic heterocycles. The van der Waals surface area contributed by atoms with Gasteiger partial charge in [-0.1, -0.05) is 42.5 Å². The number of nitro benzene ring substituents is 1. The average Bonchev–Trinajstić information content (AvgIpc) is 3.71. The number of carbonyl (C=O) groups is 2. The van der Waals surface area contributed by atoms with Gasteiger partial charge in [0, 0.05) is 66.3 Å². The number of halogens is 1. The minimum Gasteiger partial charge on any atom is -0.396 e. The van der Waals surface area contributed by atoms with Crippen LogP contribution < -0.4 is 9.80 Å². The average molecular weight is 673 g/mol. The van der Waals surface area contributed by atoms with E-state index in [1.807, 2.05) is 42.5 Å². The van der Waals surface area contributed by atoms with Crippen molar-refractivity contribution in [1.82, 2.24) is 15.0 Å². The summed E-state index contributed by atoms with van der Waals surface area (Å²) < 4.78 is 24.6. The molecule has 1 fully saturated rings. The predicted molar refractivity (Wildman–Crippen MR) is 179 cm³/mol. The molecule has 12 nitrogen and oxygen atoms in total. The molecule has 48 heavy (non-hydrogen) atoms. The van der Waals surface area contributed by atoms with Crippen LogP contribution in [0, 0.1) is 16.0 Å². The summed E-state index contributed by atoms with van der Waals surface area (Å²) in [4.78, 5) is 41.3. The summed E-state index contributed by atoms with van der Waals surface area (Å²) in [6.07, 6.45) is 2.46. The molecular formula is C34H37FN6O6Si. The first-order valence-corrected chi connectivity index (χ1v) is 18.8. The molecule has 250 valence electrons. The molecule has 4 atom stereocenters. The second-order valence-electron chi connectivity index (χ2n) is 12.8. The van der Waals surface area contributed by atoms with E-state index in [2.05, 4.69) is 10.3 Å². The van der Waals surface area contributed by atoms with E-state index in [9.17, 15) is 24.8 Å². The van der Waals surface area contributed by atoms with Crippen molar-refractivity contribution in [3.05, 3.63) is 106 Å². The topological polar surface area (TPSA) is 144 Å². The zero-order valence-electron chi connectivity index (χ0n) is 26.9. The number of aliphatic hydroxyl groups is 1. The Morgan fingerprint density at radius 3 is 2.56 bits per heavy atom. The standard InChI is InChI=1S/C34H37FN6O6Si/c1-23-32(48(2,3)35)31(14-16-38-21-25(15-17-42)36-37-38)47-34(23)29-19-28(41(45)46)12-13-30(29)39(33(34)44)20-24-8-7-11-27(18-24)40(22-43)26-9-5-4-6-10-26/h4-13,18-19,21-23,31-32,42H,14-17,20H2,1-3H3/t23-,31+,32-,34+/m0/s1. The van der Waals surface area contributed by atoms with Gasteiger partial charge in [0.1, 0.15) is 0 Å². The lowest BCUT2D eigenvalue weighted by molar-refractivity contribution is -0.385. The van der Waals surface area contributed by atoms with Gasteiger partial charge in [-0.25, -0.2) is 0 Å². The summed E-state index contributed by atoms with van der Waals surface area (Å²) in [5, 5.41) is 29.4. The van der Waals surface area contributed by atoms with Crippen molar-refractivity contribution in [3.8, 4) is 0 Å². The van der Waals surface area contributed by atoms with Gasteiger partial charge in [-0.05, 0) is 55.4 Å². The third-order valence-corrected chi connectivity index (χ3v) is 11.9. The SMILES string of the molecule is C[C@H]1[C@H]([Si](C)(C)F)[C@@H](CCn2cc(CCO)nn2)O[C@]12C(=O)N(Cc1cccc(N(C=O)c3ccccc3)c1)c1ccc([N+](=O)[O-])cc12. The number of non-ortho nitro benzene ring substituents is 1. The van der Waals surface area contributed by atoms with Crippen LogP contribution in [0.25, 0.3) is 0 Å². The Morgan fingerprint density at radius 1 is 1.12 bits per heavy atom. The number of benzene rings is 3. The third kappa shape index (κ3) is 5.91. The number of aliphatic hydroxyl groups excluding tert-OH is 1. The smallest absolute Gasteiger partial charge is 0.269 e. The molecule has 0 saturated carbocycles. The lowest BCUT2D eigenvalue weighted by atomic mass is 9.82. The summed E-state index contributed by atoms with van der Waals surface area (Å²) >= 11 is 0. The van der Waals surface area contributed by atoms with Crippen LogP contribution in [0.15, 0.2) is 79.0 Å². The van der Waals surface area contributed by atoms with Crippen molar-refractivity contribution in [2.45, 2.75) is 63.2 Å². The van der Waals surface area contributed by atoms with Crippen LogP contribution in [-0.4, -0.2) is 58.5 Å². The van der Waals surface area contributed by atoms with Crippen molar-refractivity contribution in [1.29, 1.82) is 0 Å². The van der Waals surface area contributed by atoms with E-state index in [4.69, 9.17) is 4.74 Å². The Morgan fingerprint density at radius 2 is 1.88 bits per heavy atom. The Kier molecular flexibility index (Phi) is 8.98. The fourth-order valence-corrected chi connectivity index (χ4v) is 9.90. The second kappa shape index (κ2) is 13.0. The minimum atomic E-state index is -3.48. The highest BCUT2D eigenvalue weighted by molar-refractivity contribution is 6.72. The monoisotopic (exact) mass is 672 g/mol. The van der Waals surface area contributed by atoms with Gasteiger partial charge in [-0.2, -0.15) is 0 Å². The van der Waals surface area contributed by atoms with E-state index < -0.39 is 42.4 Å². The number of carbonyl (C=O) groups excluding carboxylic acids is 2. The third-order valence-electron chi connectivity index (χ3n) is 9.42. The van der Waals surface area contributed by atoms with E-state index in [-0.39, 0.29) is 18.8 Å². The van der Waals surface area contributed by atoms with Gasteiger partial charge in [0.25, 0.3) is 11.6 Å². The Bertz CT molecular complexity index is 1830. The molecule has 4 aromatic rings. The molecule has 0 radical (unpaired) electrons. The summed E-state index contributed by atoms with van der Waals surface area (Å²) in [5.74, 6) is -1.05. The first-order chi connectivity index (χ1) is 23.0. The zero-order valence-corrected chi connectivity index (χ0v) is 27.9. The number of rotatable bonds is 12. The fraction of sp³-hybridized carbons (Fsp3) is 0.353. The highest BCUT2D eigenvalue weighted by atomic mass is 28.4. The van der Waals surface area contributed by atoms with Gasteiger partial charge in [0.2, 0.25) is 14.8 Å². The highest BCUT2D eigenvalue weighted by Crippen LogP contribution is 2.60. The van der Waals surface area contributed by atoms with E-state index >= 15 is 4.11 Å². The first-order valence-electron chi connectivity index (χ1n) is 15.8. The number of ether oxygens (including phenoxy) is 1. The van der Waals surface area contributed by atoms with Crippen LogP contribution in [0.3, 0.4) is 0 Å². The molecule has 0 bridgehead atoms. The normalized spacial score (nSPS) is 21.9. The van der Waals surface area contributed by atoms with E-state index in [0.29, 0.717) is 53.3 Å². The van der Waals surface area contributed by atoms with Gasteiger partial charge < -0.3 is 18.9 Å². The van der Waals surface area contributed by atoms with Crippen molar-refractivity contribution in [3.63, 3.8) is 0 Å². The van der Waals surface area contributed by atoms with Gasteiger partial charge >= 0.3 is 0 Å². The molecule has 0 aliphatic carbocycles. The summed E-state index contributed by atoms with van der Waals surface area (Å²) in [6, 6.07) is 20.7. The van der Waals surface area contributed by atoms with Gasteiger partial charge in [0.05, 0.1) is 29.0 Å². The molecule has 3 aromatic carbocycles. The number of amides is 2.